The normalized spacial score (nSPS) is 31.5. The number of carbonyl (C=O) groups is 1. The van der Waals surface area contributed by atoms with Gasteiger partial charge < -0.3 is 9.53 Å². The molecule has 0 aromatic heterocycles. The van der Waals surface area contributed by atoms with E-state index in [-0.39, 0.29) is 12.2 Å². The second-order valence-corrected chi connectivity index (χ2v) is 2.42. The SMILES string of the molecule is C#CCC1CC[C@H](C=O)O1. The van der Waals surface area contributed by atoms with Crippen LogP contribution in [0.15, 0.2) is 0 Å². The Morgan fingerprint density at radius 2 is 2.50 bits per heavy atom. The van der Waals surface area contributed by atoms with Crippen LogP contribution in [0.25, 0.3) is 0 Å². The molecule has 2 atom stereocenters. The Morgan fingerprint density at radius 1 is 1.70 bits per heavy atom. The lowest BCUT2D eigenvalue weighted by Gasteiger charge is -2.04. The Kier molecular flexibility index (Phi) is 2.47. The lowest BCUT2D eigenvalue weighted by molar-refractivity contribution is -0.117. The Hall–Kier alpha value is -0.810. The van der Waals surface area contributed by atoms with E-state index in [1.165, 1.54) is 0 Å². The highest BCUT2D eigenvalue weighted by molar-refractivity contribution is 5.56. The van der Waals surface area contributed by atoms with E-state index in [0.29, 0.717) is 6.42 Å². The fourth-order valence-corrected chi connectivity index (χ4v) is 1.12. The number of hydrogen-bond acceptors (Lipinski definition) is 2. The van der Waals surface area contributed by atoms with Crippen LogP contribution in [0.3, 0.4) is 0 Å². The summed E-state index contributed by atoms with van der Waals surface area (Å²) in [4.78, 5) is 10.2. The summed E-state index contributed by atoms with van der Waals surface area (Å²) in [7, 11) is 0. The molecule has 2 nitrogen and oxygen atoms in total. The van der Waals surface area contributed by atoms with Crippen LogP contribution in [-0.2, 0) is 9.53 Å². The summed E-state index contributed by atoms with van der Waals surface area (Å²) in [5, 5.41) is 0. The standard InChI is InChI=1S/C8H10O2/c1-2-3-7-4-5-8(6-9)10-7/h1,6-8H,3-5H2/t7?,8-/m1/s1. The molecule has 54 valence electrons. The topological polar surface area (TPSA) is 26.3 Å². The minimum Gasteiger partial charge on any atom is -0.367 e. The summed E-state index contributed by atoms with van der Waals surface area (Å²) in [6, 6.07) is 0. The first-order valence-electron chi connectivity index (χ1n) is 3.41. The van der Waals surface area contributed by atoms with Gasteiger partial charge in [0.25, 0.3) is 0 Å². The maximum Gasteiger partial charge on any atom is 0.148 e. The number of aldehydes is 1. The van der Waals surface area contributed by atoms with Gasteiger partial charge in [-0.15, -0.1) is 12.3 Å². The number of hydrogen-bond donors (Lipinski definition) is 0. The maximum atomic E-state index is 10.2. The van der Waals surface area contributed by atoms with Crippen molar-refractivity contribution < 1.29 is 9.53 Å². The van der Waals surface area contributed by atoms with E-state index in [9.17, 15) is 4.79 Å². The summed E-state index contributed by atoms with van der Waals surface area (Å²) in [6.07, 6.45) is 8.23. The second-order valence-electron chi connectivity index (χ2n) is 2.42. The van der Waals surface area contributed by atoms with Crippen LogP contribution >= 0.6 is 0 Å². The molecule has 1 aliphatic rings. The van der Waals surface area contributed by atoms with Gasteiger partial charge in [0.2, 0.25) is 0 Å². The van der Waals surface area contributed by atoms with Crippen molar-refractivity contribution in [1.29, 1.82) is 0 Å². The molecule has 1 saturated heterocycles. The zero-order chi connectivity index (χ0) is 7.40. The van der Waals surface area contributed by atoms with Gasteiger partial charge in [-0.25, -0.2) is 0 Å². The second kappa shape index (κ2) is 3.38. The quantitative estimate of drug-likeness (QED) is 0.416. The van der Waals surface area contributed by atoms with Crippen molar-refractivity contribution in [1.82, 2.24) is 0 Å². The Morgan fingerprint density at radius 3 is 3.00 bits per heavy atom. The van der Waals surface area contributed by atoms with Gasteiger partial charge in [0.1, 0.15) is 12.4 Å². The van der Waals surface area contributed by atoms with Crippen LogP contribution in [0.1, 0.15) is 19.3 Å². The van der Waals surface area contributed by atoms with Gasteiger partial charge >= 0.3 is 0 Å². The van der Waals surface area contributed by atoms with Crippen LogP contribution < -0.4 is 0 Å². The van der Waals surface area contributed by atoms with Crippen molar-refractivity contribution in [3.63, 3.8) is 0 Å². The molecule has 0 aromatic carbocycles. The van der Waals surface area contributed by atoms with E-state index in [2.05, 4.69) is 5.92 Å². The summed E-state index contributed by atoms with van der Waals surface area (Å²) in [5.41, 5.74) is 0. The molecule has 0 aromatic rings. The van der Waals surface area contributed by atoms with E-state index >= 15 is 0 Å². The van der Waals surface area contributed by atoms with Gasteiger partial charge in [0.15, 0.2) is 0 Å². The molecule has 0 N–H and O–H groups in total. The average Bonchev–Trinajstić information content (AvgIpc) is 2.37. The van der Waals surface area contributed by atoms with Crippen LogP contribution in [0.2, 0.25) is 0 Å². The molecule has 0 radical (unpaired) electrons. The Balaban J connectivity index is 2.29. The Bertz CT molecular complexity index is 157. The highest BCUT2D eigenvalue weighted by atomic mass is 16.5. The van der Waals surface area contributed by atoms with Crippen molar-refractivity contribution in [3.05, 3.63) is 0 Å². The van der Waals surface area contributed by atoms with Crippen LogP contribution in [0, 0.1) is 12.3 Å². The molecule has 0 spiro atoms. The van der Waals surface area contributed by atoms with Gasteiger partial charge in [-0.05, 0) is 12.8 Å². The van der Waals surface area contributed by atoms with Crippen molar-refractivity contribution >= 4 is 6.29 Å². The summed E-state index contributed by atoms with van der Waals surface area (Å²) < 4.78 is 5.24. The first-order valence-corrected chi connectivity index (χ1v) is 3.41. The third kappa shape index (κ3) is 1.58. The van der Waals surface area contributed by atoms with E-state index in [0.717, 1.165) is 19.1 Å². The molecular formula is C8H10O2. The minimum absolute atomic E-state index is 0.125. The third-order valence-corrected chi connectivity index (χ3v) is 1.64. The average molecular weight is 138 g/mol. The molecule has 1 unspecified atom stereocenters. The zero-order valence-electron chi connectivity index (χ0n) is 5.75. The van der Waals surface area contributed by atoms with E-state index < -0.39 is 0 Å². The number of carbonyl (C=O) groups excluding carboxylic acids is 1. The molecule has 1 aliphatic heterocycles. The molecule has 1 rings (SSSR count). The molecule has 1 heterocycles. The monoisotopic (exact) mass is 138 g/mol. The van der Waals surface area contributed by atoms with Crippen molar-refractivity contribution in [2.24, 2.45) is 0 Å². The summed E-state index contributed by atoms with van der Waals surface area (Å²) >= 11 is 0. The number of rotatable bonds is 2. The van der Waals surface area contributed by atoms with Gasteiger partial charge in [-0.2, -0.15) is 0 Å². The maximum absolute atomic E-state index is 10.2. The van der Waals surface area contributed by atoms with E-state index in [1.807, 2.05) is 0 Å². The smallest absolute Gasteiger partial charge is 0.148 e. The van der Waals surface area contributed by atoms with Crippen LogP contribution in [0.5, 0.6) is 0 Å². The van der Waals surface area contributed by atoms with Crippen LogP contribution in [0.4, 0.5) is 0 Å². The zero-order valence-corrected chi connectivity index (χ0v) is 5.75. The fraction of sp³-hybridized carbons (Fsp3) is 0.625. The molecule has 1 fully saturated rings. The van der Waals surface area contributed by atoms with Crippen LogP contribution in [-0.4, -0.2) is 18.5 Å². The molecule has 0 saturated carbocycles. The van der Waals surface area contributed by atoms with E-state index in [1.54, 1.807) is 0 Å². The number of ether oxygens (including phenoxy) is 1. The molecule has 0 amide bonds. The van der Waals surface area contributed by atoms with E-state index in [4.69, 9.17) is 11.2 Å². The Labute approximate surface area is 60.6 Å². The first-order chi connectivity index (χ1) is 4.86. The third-order valence-electron chi connectivity index (χ3n) is 1.64. The molecule has 0 bridgehead atoms. The molecule has 2 heteroatoms. The molecule has 10 heavy (non-hydrogen) atoms. The largest absolute Gasteiger partial charge is 0.367 e. The predicted octanol–water partition coefficient (Wildman–Crippen LogP) is 0.756. The van der Waals surface area contributed by atoms with Gasteiger partial charge in [-0.1, -0.05) is 0 Å². The lowest BCUT2D eigenvalue weighted by Crippen LogP contribution is -2.10. The summed E-state index contributed by atoms with van der Waals surface area (Å²) in [6.45, 7) is 0. The van der Waals surface area contributed by atoms with Crippen molar-refractivity contribution in [2.45, 2.75) is 31.5 Å². The van der Waals surface area contributed by atoms with Gasteiger partial charge in [0.05, 0.1) is 6.10 Å². The highest BCUT2D eigenvalue weighted by Crippen LogP contribution is 2.19. The van der Waals surface area contributed by atoms with Crippen molar-refractivity contribution in [2.75, 3.05) is 0 Å². The number of terminal acetylenes is 1. The van der Waals surface area contributed by atoms with Gasteiger partial charge in [0, 0.05) is 6.42 Å². The van der Waals surface area contributed by atoms with Crippen molar-refractivity contribution in [3.8, 4) is 12.3 Å². The highest BCUT2D eigenvalue weighted by Gasteiger charge is 2.23. The lowest BCUT2D eigenvalue weighted by atomic mass is 10.1. The summed E-state index contributed by atoms with van der Waals surface area (Å²) in [5.74, 6) is 2.51. The fourth-order valence-electron chi connectivity index (χ4n) is 1.12. The molecular weight excluding hydrogens is 128 g/mol. The first kappa shape index (κ1) is 7.30. The van der Waals surface area contributed by atoms with Gasteiger partial charge in [-0.3, -0.25) is 0 Å². The molecule has 0 aliphatic carbocycles. The predicted molar refractivity (Wildman–Crippen MR) is 37.4 cm³/mol. The minimum atomic E-state index is -0.196.